The second-order valence-corrected chi connectivity index (χ2v) is 5.17. The SMILES string of the molecule is Cc1ccc(C(=O)Cc2ccc(F)cc2Br)c(F)c1. The molecule has 0 heterocycles. The molecule has 0 fully saturated rings. The van der Waals surface area contributed by atoms with Crippen LogP contribution in [-0.4, -0.2) is 5.78 Å². The fraction of sp³-hybridized carbons (Fsp3) is 0.133. The molecule has 2 aromatic rings. The lowest BCUT2D eigenvalue weighted by molar-refractivity contribution is 0.0989. The monoisotopic (exact) mass is 324 g/mol. The van der Waals surface area contributed by atoms with E-state index in [1.807, 2.05) is 0 Å². The average molecular weight is 325 g/mol. The molecule has 0 N–H and O–H groups in total. The van der Waals surface area contributed by atoms with Gasteiger partial charge in [0.2, 0.25) is 0 Å². The van der Waals surface area contributed by atoms with Crippen LogP contribution < -0.4 is 0 Å². The molecular formula is C15H11BrF2O. The number of Topliss-reactive ketones (excluding diaryl/α,β-unsaturated/α-hetero) is 1. The fourth-order valence-corrected chi connectivity index (χ4v) is 2.27. The van der Waals surface area contributed by atoms with Crippen molar-refractivity contribution in [3.63, 3.8) is 0 Å². The highest BCUT2D eigenvalue weighted by Gasteiger charge is 2.14. The number of hydrogen-bond acceptors (Lipinski definition) is 1. The van der Waals surface area contributed by atoms with Gasteiger partial charge in [0.05, 0.1) is 5.56 Å². The van der Waals surface area contributed by atoms with Crippen LogP contribution in [0.4, 0.5) is 8.78 Å². The average Bonchev–Trinajstić information content (AvgIpc) is 2.32. The Morgan fingerprint density at radius 3 is 2.53 bits per heavy atom. The largest absolute Gasteiger partial charge is 0.294 e. The van der Waals surface area contributed by atoms with Crippen LogP contribution in [0.2, 0.25) is 0 Å². The minimum atomic E-state index is -0.525. The zero-order valence-corrected chi connectivity index (χ0v) is 11.8. The lowest BCUT2D eigenvalue weighted by Gasteiger charge is -2.06. The topological polar surface area (TPSA) is 17.1 Å². The smallest absolute Gasteiger partial charge is 0.170 e. The molecule has 0 aliphatic heterocycles. The number of ketones is 1. The van der Waals surface area contributed by atoms with Crippen LogP contribution >= 0.6 is 15.9 Å². The third-order valence-electron chi connectivity index (χ3n) is 2.79. The first-order valence-corrected chi connectivity index (χ1v) is 6.50. The van der Waals surface area contributed by atoms with Crippen molar-refractivity contribution in [1.29, 1.82) is 0 Å². The first kappa shape index (κ1) is 13.9. The van der Waals surface area contributed by atoms with Crippen molar-refractivity contribution in [3.05, 3.63) is 69.2 Å². The second kappa shape index (κ2) is 5.61. The van der Waals surface area contributed by atoms with Crippen LogP contribution in [0.1, 0.15) is 21.5 Å². The molecule has 0 spiro atoms. The van der Waals surface area contributed by atoms with Gasteiger partial charge >= 0.3 is 0 Å². The molecule has 0 radical (unpaired) electrons. The highest BCUT2D eigenvalue weighted by atomic mass is 79.9. The molecule has 4 heteroatoms. The van der Waals surface area contributed by atoms with Gasteiger partial charge in [0, 0.05) is 10.9 Å². The molecule has 0 saturated heterocycles. The summed E-state index contributed by atoms with van der Waals surface area (Å²) in [5.74, 6) is -1.24. The van der Waals surface area contributed by atoms with Gasteiger partial charge in [-0.3, -0.25) is 4.79 Å². The summed E-state index contributed by atoms with van der Waals surface area (Å²) in [4.78, 5) is 12.0. The lowest BCUT2D eigenvalue weighted by Crippen LogP contribution is -2.07. The molecule has 19 heavy (non-hydrogen) atoms. The fourth-order valence-electron chi connectivity index (χ4n) is 1.78. The summed E-state index contributed by atoms with van der Waals surface area (Å²) in [6.07, 6.45) is 0.0286. The van der Waals surface area contributed by atoms with Crippen molar-refractivity contribution in [2.45, 2.75) is 13.3 Å². The van der Waals surface area contributed by atoms with E-state index < -0.39 is 5.82 Å². The Morgan fingerprint density at radius 2 is 1.89 bits per heavy atom. The Morgan fingerprint density at radius 1 is 1.16 bits per heavy atom. The van der Waals surface area contributed by atoms with Crippen LogP contribution in [0.5, 0.6) is 0 Å². The van der Waals surface area contributed by atoms with Crippen LogP contribution in [-0.2, 0) is 6.42 Å². The highest BCUT2D eigenvalue weighted by Crippen LogP contribution is 2.21. The molecule has 2 rings (SSSR count). The maximum Gasteiger partial charge on any atom is 0.170 e. The first-order chi connectivity index (χ1) is 8.97. The molecule has 0 amide bonds. The molecule has 0 aliphatic carbocycles. The number of aryl methyl sites for hydroxylation is 1. The van der Waals surface area contributed by atoms with Gasteiger partial charge in [-0.25, -0.2) is 8.78 Å². The summed E-state index contributed by atoms with van der Waals surface area (Å²) in [6.45, 7) is 1.76. The van der Waals surface area contributed by atoms with Gasteiger partial charge in [-0.15, -0.1) is 0 Å². The molecule has 1 nitrogen and oxygen atoms in total. The van der Waals surface area contributed by atoms with E-state index in [0.29, 0.717) is 10.0 Å². The predicted octanol–water partition coefficient (Wildman–Crippen LogP) is 4.46. The van der Waals surface area contributed by atoms with E-state index in [1.54, 1.807) is 13.0 Å². The minimum Gasteiger partial charge on any atom is -0.294 e. The van der Waals surface area contributed by atoms with Gasteiger partial charge in [-0.1, -0.05) is 28.1 Å². The molecule has 0 bridgehead atoms. The highest BCUT2D eigenvalue weighted by molar-refractivity contribution is 9.10. The second-order valence-electron chi connectivity index (χ2n) is 4.32. The van der Waals surface area contributed by atoms with Crippen LogP contribution in [0.3, 0.4) is 0 Å². The summed E-state index contributed by atoms with van der Waals surface area (Å²) >= 11 is 3.19. The van der Waals surface area contributed by atoms with Crippen LogP contribution in [0.25, 0.3) is 0 Å². The van der Waals surface area contributed by atoms with Gasteiger partial charge in [0.1, 0.15) is 11.6 Å². The van der Waals surface area contributed by atoms with E-state index in [1.165, 1.54) is 30.3 Å². The zero-order chi connectivity index (χ0) is 14.0. The molecule has 98 valence electrons. The maximum absolute atomic E-state index is 13.7. The first-order valence-electron chi connectivity index (χ1n) is 5.70. The number of carbonyl (C=O) groups excluding carboxylic acids is 1. The predicted molar refractivity (Wildman–Crippen MR) is 73.3 cm³/mol. The molecular weight excluding hydrogens is 314 g/mol. The lowest BCUT2D eigenvalue weighted by atomic mass is 10.0. The van der Waals surface area contributed by atoms with Gasteiger partial charge < -0.3 is 0 Å². The molecule has 0 unspecified atom stereocenters. The Hall–Kier alpha value is -1.55. The summed E-state index contributed by atoms with van der Waals surface area (Å²) < 4.78 is 27.1. The summed E-state index contributed by atoms with van der Waals surface area (Å²) in [5, 5.41) is 0. The van der Waals surface area contributed by atoms with Crippen molar-refractivity contribution < 1.29 is 13.6 Å². The standard InChI is InChI=1S/C15H11BrF2O/c1-9-2-5-12(14(18)6-9)15(19)7-10-3-4-11(17)8-13(10)16/h2-6,8H,7H2,1H3. The normalized spacial score (nSPS) is 10.5. The van der Waals surface area contributed by atoms with E-state index in [0.717, 1.165) is 5.56 Å². The minimum absolute atomic E-state index is 0.0286. The van der Waals surface area contributed by atoms with Crippen molar-refractivity contribution in [3.8, 4) is 0 Å². The Balaban J connectivity index is 2.25. The number of carbonyl (C=O) groups is 1. The van der Waals surface area contributed by atoms with Gasteiger partial charge in [-0.05, 0) is 42.3 Å². The van der Waals surface area contributed by atoms with Gasteiger partial charge in [0.15, 0.2) is 5.78 Å². The molecule has 0 atom stereocenters. The van der Waals surface area contributed by atoms with Crippen molar-refractivity contribution in [2.75, 3.05) is 0 Å². The van der Waals surface area contributed by atoms with Crippen LogP contribution in [0.15, 0.2) is 40.9 Å². The molecule has 0 aliphatic rings. The molecule has 0 aromatic heterocycles. The van der Waals surface area contributed by atoms with Crippen LogP contribution in [0, 0.1) is 18.6 Å². The number of benzene rings is 2. The van der Waals surface area contributed by atoms with Crippen molar-refractivity contribution in [2.24, 2.45) is 0 Å². The Bertz CT molecular complexity index is 638. The maximum atomic E-state index is 13.7. The van der Waals surface area contributed by atoms with Gasteiger partial charge in [0.25, 0.3) is 0 Å². The summed E-state index contributed by atoms with van der Waals surface area (Å²) in [5.41, 5.74) is 1.45. The van der Waals surface area contributed by atoms with E-state index in [2.05, 4.69) is 15.9 Å². The van der Waals surface area contributed by atoms with Crippen molar-refractivity contribution >= 4 is 21.7 Å². The third-order valence-corrected chi connectivity index (χ3v) is 3.53. The van der Waals surface area contributed by atoms with E-state index in [4.69, 9.17) is 0 Å². The van der Waals surface area contributed by atoms with Crippen molar-refractivity contribution in [1.82, 2.24) is 0 Å². The Labute approximate surface area is 118 Å². The number of halogens is 3. The third kappa shape index (κ3) is 3.26. The quantitative estimate of drug-likeness (QED) is 0.762. The molecule has 2 aromatic carbocycles. The van der Waals surface area contributed by atoms with E-state index in [9.17, 15) is 13.6 Å². The summed E-state index contributed by atoms with van der Waals surface area (Å²) in [6, 6.07) is 8.57. The van der Waals surface area contributed by atoms with Gasteiger partial charge in [-0.2, -0.15) is 0 Å². The number of hydrogen-bond donors (Lipinski definition) is 0. The van der Waals surface area contributed by atoms with E-state index in [-0.39, 0.29) is 23.6 Å². The summed E-state index contributed by atoms with van der Waals surface area (Å²) in [7, 11) is 0. The number of rotatable bonds is 3. The van der Waals surface area contributed by atoms with E-state index >= 15 is 0 Å². The zero-order valence-electron chi connectivity index (χ0n) is 10.2. The molecule has 0 saturated carbocycles. The Kier molecular flexibility index (Phi) is 4.10.